The van der Waals surface area contributed by atoms with Crippen molar-refractivity contribution >= 4 is 0 Å². The average Bonchev–Trinajstić information content (AvgIpc) is 2.12. The van der Waals surface area contributed by atoms with Gasteiger partial charge in [0.05, 0.1) is 0 Å². The molecule has 0 atom stereocenters. The Bertz CT molecular complexity index is 105. The quantitative estimate of drug-likeness (QED) is 0.514. The molecule has 0 amide bonds. The van der Waals surface area contributed by atoms with E-state index in [0.717, 1.165) is 5.76 Å². The van der Waals surface area contributed by atoms with Gasteiger partial charge in [0.2, 0.25) is 6.79 Å². The van der Waals surface area contributed by atoms with Gasteiger partial charge in [0, 0.05) is 5.92 Å². The maximum Gasteiger partial charge on any atom is 0.229 e. The normalized spacial score (nSPS) is 17.6. The fraction of sp³-hybridized carbons (Fsp3) is 0.667. The number of hydrogen-bond acceptors (Lipinski definition) is 2. The molecule has 1 aliphatic rings. The molecular weight excluding hydrogens is 104 g/mol. The molecule has 46 valence electrons. The van der Waals surface area contributed by atoms with Crippen molar-refractivity contribution in [3.05, 3.63) is 12.0 Å². The molecule has 0 saturated carbocycles. The topological polar surface area (TPSA) is 18.5 Å². The van der Waals surface area contributed by atoms with E-state index in [-0.39, 0.29) is 0 Å². The van der Waals surface area contributed by atoms with Crippen molar-refractivity contribution in [3.63, 3.8) is 0 Å². The molecule has 0 aromatic carbocycles. The number of allylic oxidation sites excluding steroid dienone is 1. The van der Waals surface area contributed by atoms with E-state index in [4.69, 9.17) is 9.47 Å². The van der Waals surface area contributed by atoms with Crippen LogP contribution in [0.3, 0.4) is 0 Å². The molecule has 2 heteroatoms. The summed E-state index contributed by atoms with van der Waals surface area (Å²) < 4.78 is 9.89. The Morgan fingerprint density at radius 3 is 2.62 bits per heavy atom. The predicted molar refractivity (Wildman–Crippen MR) is 30.0 cm³/mol. The van der Waals surface area contributed by atoms with Gasteiger partial charge in [-0.2, -0.15) is 0 Å². The smallest absolute Gasteiger partial charge is 0.229 e. The highest BCUT2D eigenvalue weighted by atomic mass is 16.7. The Morgan fingerprint density at radius 2 is 2.38 bits per heavy atom. The van der Waals surface area contributed by atoms with Crippen LogP contribution in [0, 0.1) is 5.92 Å². The van der Waals surface area contributed by atoms with Crippen molar-refractivity contribution in [1.82, 2.24) is 0 Å². The van der Waals surface area contributed by atoms with Gasteiger partial charge in [-0.3, -0.25) is 0 Å². The monoisotopic (exact) mass is 114 g/mol. The average molecular weight is 114 g/mol. The van der Waals surface area contributed by atoms with Crippen molar-refractivity contribution in [2.45, 2.75) is 13.8 Å². The minimum absolute atomic E-state index is 0.396. The summed E-state index contributed by atoms with van der Waals surface area (Å²) in [5.41, 5.74) is 0. The van der Waals surface area contributed by atoms with Crippen LogP contribution in [0.15, 0.2) is 12.0 Å². The molecular formula is C6H10O2. The lowest BCUT2D eigenvalue weighted by atomic mass is 10.2. The Morgan fingerprint density at radius 1 is 1.62 bits per heavy atom. The first-order valence-electron chi connectivity index (χ1n) is 2.75. The first kappa shape index (κ1) is 5.48. The molecule has 0 bridgehead atoms. The van der Waals surface area contributed by atoms with Crippen molar-refractivity contribution in [2.75, 3.05) is 6.79 Å². The predicted octanol–water partition coefficient (Wildman–Crippen LogP) is 1.49. The van der Waals surface area contributed by atoms with E-state index in [0.29, 0.717) is 12.7 Å². The molecule has 0 aromatic rings. The van der Waals surface area contributed by atoms with Crippen LogP contribution in [0.5, 0.6) is 0 Å². The minimum atomic E-state index is 0.396. The first-order chi connectivity index (χ1) is 3.80. The molecule has 0 N–H and O–H groups in total. The van der Waals surface area contributed by atoms with Crippen LogP contribution >= 0.6 is 0 Å². The lowest BCUT2D eigenvalue weighted by molar-refractivity contribution is 0.0729. The Hall–Kier alpha value is -0.660. The van der Waals surface area contributed by atoms with E-state index < -0.39 is 0 Å². The highest BCUT2D eigenvalue weighted by Gasteiger charge is 2.08. The van der Waals surface area contributed by atoms with Crippen LogP contribution in [0.25, 0.3) is 0 Å². The molecule has 1 aliphatic heterocycles. The van der Waals surface area contributed by atoms with E-state index in [2.05, 4.69) is 13.8 Å². The first-order valence-corrected chi connectivity index (χ1v) is 2.75. The van der Waals surface area contributed by atoms with Crippen molar-refractivity contribution in [1.29, 1.82) is 0 Å². The molecule has 0 spiro atoms. The number of hydrogen-bond donors (Lipinski definition) is 0. The molecule has 1 rings (SSSR count). The van der Waals surface area contributed by atoms with E-state index in [1.54, 1.807) is 6.26 Å². The highest BCUT2D eigenvalue weighted by molar-refractivity contribution is 4.93. The van der Waals surface area contributed by atoms with E-state index in [9.17, 15) is 0 Å². The highest BCUT2D eigenvalue weighted by Crippen LogP contribution is 2.15. The Labute approximate surface area is 49.1 Å². The minimum Gasteiger partial charge on any atom is -0.462 e. The molecule has 0 radical (unpaired) electrons. The Kier molecular flexibility index (Phi) is 1.42. The Balaban J connectivity index is 2.45. The van der Waals surface area contributed by atoms with Gasteiger partial charge in [-0.05, 0) is 0 Å². The van der Waals surface area contributed by atoms with Gasteiger partial charge >= 0.3 is 0 Å². The largest absolute Gasteiger partial charge is 0.462 e. The summed E-state index contributed by atoms with van der Waals surface area (Å²) in [6, 6.07) is 0. The summed E-state index contributed by atoms with van der Waals surface area (Å²) >= 11 is 0. The van der Waals surface area contributed by atoms with Crippen LogP contribution in [0.4, 0.5) is 0 Å². The summed E-state index contributed by atoms with van der Waals surface area (Å²) in [4.78, 5) is 0. The van der Waals surface area contributed by atoms with Gasteiger partial charge < -0.3 is 9.47 Å². The molecule has 0 saturated heterocycles. The zero-order valence-corrected chi connectivity index (χ0v) is 5.18. The van der Waals surface area contributed by atoms with Crippen molar-refractivity contribution in [2.24, 2.45) is 5.92 Å². The van der Waals surface area contributed by atoms with Crippen LogP contribution in [0.1, 0.15) is 13.8 Å². The zero-order valence-electron chi connectivity index (χ0n) is 5.18. The third-order valence-corrected chi connectivity index (χ3v) is 1.06. The molecule has 0 aromatic heterocycles. The second kappa shape index (κ2) is 2.07. The second-order valence-electron chi connectivity index (χ2n) is 2.10. The van der Waals surface area contributed by atoms with Gasteiger partial charge in [-0.15, -0.1) is 0 Å². The molecule has 2 nitrogen and oxygen atoms in total. The summed E-state index contributed by atoms with van der Waals surface area (Å²) in [5.74, 6) is 1.41. The van der Waals surface area contributed by atoms with Gasteiger partial charge in [0.25, 0.3) is 0 Å². The maximum atomic E-state index is 5.05. The zero-order chi connectivity index (χ0) is 5.98. The van der Waals surface area contributed by atoms with Crippen LogP contribution in [-0.4, -0.2) is 6.79 Å². The maximum absolute atomic E-state index is 5.05. The van der Waals surface area contributed by atoms with E-state index in [1.165, 1.54) is 0 Å². The summed E-state index contributed by atoms with van der Waals surface area (Å²) in [6.45, 7) is 4.54. The summed E-state index contributed by atoms with van der Waals surface area (Å²) in [6.07, 6.45) is 1.67. The standard InChI is InChI=1S/C6H10O2/c1-5(2)6-3-7-4-8-6/h3,5H,4H2,1-2H3. The van der Waals surface area contributed by atoms with Gasteiger partial charge in [0.1, 0.15) is 12.0 Å². The third kappa shape index (κ3) is 0.941. The fourth-order valence-electron chi connectivity index (χ4n) is 0.555. The molecule has 0 unspecified atom stereocenters. The van der Waals surface area contributed by atoms with Crippen LogP contribution in [0.2, 0.25) is 0 Å². The lowest BCUT2D eigenvalue weighted by Crippen LogP contribution is -1.93. The third-order valence-electron chi connectivity index (χ3n) is 1.06. The van der Waals surface area contributed by atoms with Crippen molar-refractivity contribution in [3.8, 4) is 0 Å². The fourth-order valence-corrected chi connectivity index (χ4v) is 0.555. The van der Waals surface area contributed by atoms with E-state index >= 15 is 0 Å². The van der Waals surface area contributed by atoms with Gasteiger partial charge in [-0.1, -0.05) is 13.8 Å². The van der Waals surface area contributed by atoms with Gasteiger partial charge in [0.15, 0.2) is 0 Å². The van der Waals surface area contributed by atoms with Crippen LogP contribution in [-0.2, 0) is 9.47 Å². The van der Waals surface area contributed by atoms with E-state index in [1.807, 2.05) is 0 Å². The summed E-state index contributed by atoms with van der Waals surface area (Å²) in [7, 11) is 0. The molecule has 8 heavy (non-hydrogen) atoms. The van der Waals surface area contributed by atoms with Gasteiger partial charge in [-0.25, -0.2) is 0 Å². The molecule has 1 heterocycles. The lowest BCUT2D eigenvalue weighted by Gasteiger charge is -2.01. The second-order valence-corrected chi connectivity index (χ2v) is 2.10. The number of ether oxygens (including phenoxy) is 2. The summed E-state index contributed by atoms with van der Waals surface area (Å²) in [5, 5.41) is 0. The number of rotatable bonds is 1. The SMILES string of the molecule is CC(C)C1=COCO1. The van der Waals surface area contributed by atoms with Crippen molar-refractivity contribution < 1.29 is 9.47 Å². The molecule has 0 aliphatic carbocycles. The molecule has 0 fully saturated rings. The van der Waals surface area contributed by atoms with Crippen LogP contribution < -0.4 is 0 Å².